The van der Waals surface area contributed by atoms with Gasteiger partial charge in [0.25, 0.3) is 0 Å². The van der Waals surface area contributed by atoms with Gasteiger partial charge in [0.1, 0.15) is 5.78 Å². The Morgan fingerprint density at radius 3 is 2.69 bits per heavy atom. The molecule has 1 heterocycles. The number of nitrogens with one attached hydrogen (secondary N) is 1. The van der Waals surface area contributed by atoms with Gasteiger partial charge < -0.3 is 5.32 Å². The Kier molecular flexibility index (Phi) is 2.41. The van der Waals surface area contributed by atoms with Crippen molar-refractivity contribution in [2.75, 3.05) is 6.54 Å². The fraction of sp³-hybridized carbons (Fsp3) is 0.364. The van der Waals surface area contributed by atoms with Crippen LogP contribution >= 0.6 is 0 Å². The Morgan fingerprint density at radius 2 is 2.00 bits per heavy atom. The van der Waals surface area contributed by atoms with Crippen LogP contribution in [0.1, 0.15) is 24.4 Å². The van der Waals surface area contributed by atoms with Gasteiger partial charge in [0, 0.05) is 25.4 Å². The van der Waals surface area contributed by atoms with Crippen LogP contribution in [0.15, 0.2) is 30.3 Å². The van der Waals surface area contributed by atoms with Crippen molar-refractivity contribution in [1.29, 1.82) is 0 Å². The Hall–Kier alpha value is -1.15. The molecule has 0 aliphatic carbocycles. The summed E-state index contributed by atoms with van der Waals surface area (Å²) in [5.41, 5.74) is 1.22. The lowest BCUT2D eigenvalue weighted by molar-refractivity contribution is -0.120. The van der Waals surface area contributed by atoms with Crippen LogP contribution in [0.4, 0.5) is 0 Å². The van der Waals surface area contributed by atoms with Gasteiger partial charge in [-0.25, -0.2) is 0 Å². The van der Waals surface area contributed by atoms with Crippen LogP contribution in [0, 0.1) is 0 Å². The SMILES string of the molecule is O=C1CCN[C@@H](c2ccccc2)C1. The molecule has 0 amide bonds. The Balaban J connectivity index is 2.13. The second kappa shape index (κ2) is 3.71. The summed E-state index contributed by atoms with van der Waals surface area (Å²) in [6, 6.07) is 10.4. The molecule has 2 rings (SSSR count). The molecule has 13 heavy (non-hydrogen) atoms. The molecule has 0 spiro atoms. The van der Waals surface area contributed by atoms with Crippen molar-refractivity contribution in [3.63, 3.8) is 0 Å². The highest BCUT2D eigenvalue weighted by molar-refractivity contribution is 5.80. The molecule has 1 aliphatic rings. The van der Waals surface area contributed by atoms with Gasteiger partial charge in [0.05, 0.1) is 0 Å². The topological polar surface area (TPSA) is 29.1 Å². The highest BCUT2D eigenvalue weighted by Gasteiger charge is 2.19. The van der Waals surface area contributed by atoms with E-state index in [1.54, 1.807) is 0 Å². The van der Waals surface area contributed by atoms with Crippen LogP contribution < -0.4 is 5.32 Å². The van der Waals surface area contributed by atoms with E-state index < -0.39 is 0 Å². The first-order valence-corrected chi connectivity index (χ1v) is 4.66. The van der Waals surface area contributed by atoms with E-state index in [-0.39, 0.29) is 6.04 Å². The lowest BCUT2D eigenvalue weighted by Gasteiger charge is -2.22. The average Bonchev–Trinajstić information content (AvgIpc) is 2.19. The van der Waals surface area contributed by atoms with Gasteiger partial charge in [0.15, 0.2) is 0 Å². The lowest BCUT2D eigenvalue weighted by Crippen LogP contribution is -2.31. The maximum atomic E-state index is 11.2. The fourth-order valence-electron chi connectivity index (χ4n) is 1.71. The van der Waals surface area contributed by atoms with Gasteiger partial charge in [-0.15, -0.1) is 0 Å². The molecule has 68 valence electrons. The maximum absolute atomic E-state index is 11.2. The third kappa shape index (κ3) is 1.95. The quantitative estimate of drug-likeness (QED) is 0.703. The molecule has 1 N–H and O–H groups in total. The minimum Gasteiger partial charge on any atom is -0.309 e. The zero-order valence-corrected chi connectivity index (χ0v) is 7.49. The first kappa shape index (κ1) is 8.45. The molecule has 1 aromatic rings. The van der Waals surface area contributed by atoms with Crippen molar-refractivity contribution in [2.24, 2.45) is 0 Å². The first-order valence-electron chi connectivity index (χ1n) is 4.66. The molecule has 0 aromatic heterocycles. The van der Waals surface area contributed by atoms with Crippen LogP contribution in [0.25, 0.3) is 0 Å². The Labute approximate surface area is 78.0 Å². The summed E-state index contributed by atoms with van der Waals surface area (Å²) in [6.45, 7) is 0.818. The molecule has 1 saturated heterocycles. The van der Waals surface area contributed by atoms with E-state index in [9.17, 15) is 4.79 Å². The van der Waals surface area contributed by atoms with E-state index in [0.29, 0.717) is 18.6 Å². The first-order chi connectivity index (χ1) is 6.36. The van der Waals surface area contributed by atoms with Crippen LogP contribution in [0.2, 0.25) is 0 Å². The van der Waals surface area contributed by atoms with Crippen LogP contribution in [-0.2, 0) is 4.79 Å². The third-order valence-corrected chi connectivity index (χ3v) is 2.43. The molecule has 0 saturated carbocycles. The summed E-state index contributed by atoms with van der Waals surface area (Å²) in [7, 11) is 0. The summed E-state index contributed by atoms with van der Waals surface area (Å²) < 4.78 is 0. The number of carbonyl (C=O) groups is 1. The standard InChI is InChI=1S/C11H13NO/c13-10-6-7-12-11(8-10)9-4-2-1-3-5-9/h1-5,11-12H,6-8H2/t11-/m1/s1. The predicted octanol–water partition coefficient (Wildman–Crippen LogP) is 1.68. The molecule has 1 atom stereocenters. The summed E-state index contributed by atoms with van der Waals surface area (Å²) in [5.74, 6) is 0.368. The Bertz CT molecular complexity index is 294. The zero-order chi connectivity index (χ0) is 9.10. The summed E-state index contributed by atoms with van der Waals surface area (Å²) in [5, 5.41) is 3.34. The zero-order valence-electron chi connectivity index (χ0n) is 7.49. The van der Waals surface area contributed by atoms with Gasteiger partial charge in [-0.05, 0) is 5.56 Å². The lowest BCUT2D eigenvalue weighted by atomic mass is 9.97. The van der Waals surface area contributed by atoms with Crippen molar-refractivity contribution >= 4 is 5.78 Å². The predicted molar refractivity (Wildman–Crippen MR) is 51.4 cm³/mol. The number of Topliss-reactive ketones (excluding diaryl/α,β-unsaturated/α-hetero) is 1. The van der Waals surface area contributed by atoms with E-state index in [4.69, 9.17) is 0 Å². The van der Waals surface area contributed by atoms with Gasteiger partial charge in [0.2, 0.25) is 0 Å². The minimum absolute atomic E-state index is 0.238. The van der Waals surface area contributed by atoms with Crippen molar-refractivity contribution < 1.29 is 4.79 Å². The van der Waals surface area contributed by atoms with Gasteiger partial charge in [-0.1, -0.05) is 30.3 Å². The molecule has 0 unspecified atom stereocenters. The number of ketones is 1. The highest BCUT2D eigenvalue weighted by atomic mass is 16.1. The smallest absolute Gasteiger partial charge is 0.136 e. The monoisotopic (exact) mass is 175 g/mol. The van der Waals surface area contributed by atoms with Crippen LogP contribution in [-0.4, -0.2) is 12.3 Å². The van der Waals surface area contributed by atoms with Gasteiger partial charge >= 0.3 is 0 Å². The van der Waals surface area contributed by atoms with Crippen molar-refractivity contribution in [3.8, 4) is 0 Å². The number of piperidine rings is 1. The molecule has 0 bridgehead atoms. The number of benzene rings is 1. The van der Waals surface area contributed by atoms with E-state index in [0.717, 1.165) is 6.54 Å². The molecule has 1 aromatic carbocycles. The van der Waals surface area contributed by atoms with Crippen molar-refractivity contribution in [2.45, 2.75) is 18.9 Å². The molecule has 2 heteroatoms. The van der Waals surface area contributed by atoms with E-state index in [1.165, 1.54) is 5.56 Å². The molecular weight excluding hydrogens is 162 g/mol. The van der Waals surface area contributed by atoms with E-state index in [1.807, 2.05) is 18.2 Å². The molecule has 1 aliphatic heterocycles. The van der Waals surface area contributed by atoms with Crippen molar-refractivity contribution in [3.05, 3.63) is 35.9 Å². The number of carbonyl (C=O) groups excluding carboxylic acids is 1. The minimum atomic E-state index is 0.238. The second-order valence-electron chi connectivity index (χ2n) is 3.41. The van der Waals surface area contributed by atoms with Crippen molar-refractivity contribution in [1.82, 2.24) is 5.32 Å². The van der Waals surface area contributed by atoms with Crippen LogP contribution in [0.5, 0.6) is 0 Å². The van der Waals surface area contributed by atoms with Gasteiger partial charge in [-0.2, -0.15) is 0 Å². The van der Waals surface area contributed by atoms with E-state index in [2.05, 4.69) is 17.4 Å². The summed E-state index contributed by atoms with van der Waals surface area (Å²) >= 11 is 0. The number of hydrogen-bond donors (Lipinski definition) is 1. The molecular formula is C11H13NO. The Morgan fingerprint density at radius 1 is 1.23 bits per heavy atom. The van der Waals surface area contributed by atoms with Gasteiger partial charge in [-0.3, -0.25) is 4.79 Å². The third-order valence-electron chi connectivity index (χ3n) is 2.43. The van der Waals surface area contributed by atoms with Crippen LogP contribution in [0.3, 0.4) is 0 Å². The normalized spacial score (nSPS) is 23.1. The fourth-order valence-corrected chi connectivity index (χ4v) is 1.71. The number of rotatable bonds is 1. The summed E-state index contributed by atoms with van der Waals surface area (Å²) in [6.07, 6.45) is 1.33. The van der Waals surface area contributed by atoms with E-state index >= 15 is 0 Å². The second-order valence-corrected chi connectivity index (χ2v) is 3.41. The molecule has 0 radical (unpaired) electrons. The maximum Gasteiger partial charge on any atom is 0.136 e. The summed E-state index contributed by atoms with van der Waals surface area (Å²) in [4.78, 5) is 11.2. The largest absolute Gasteiger partial charge is 0.309 e. The molecule has 2 nitrogen and oxygen atoms in total. The molecule has 1 fully saturated rings. The number of hydrogen-bond acceptors (Lipinski definition) is 2. The highest BCUT2D eigenvalue weighted by Crippen LogP contribution is 2.20. The average molecular weight is 175 g/mol.